The number of halogens is 1. The van der Waals surface area contributed by atoms with Crippen LogP contribution in [0, 0.1) is 0 Å². The van der Waals surface area contributed by atoms with Gasteiger partial charge in [-0.25, -0.2) is 0 Å². The van der Waals surface area contributed by atoms with Crippen molar-refractivity contribution in [2.45, 2.75) is 6.54 Å². The molecule has 0 amide bonds. The van der Waals surface area contributed by atoms with Crippen LogP contribution >= 0.6 is 15.9 Å². The summed E-state index contributed by atoms with van der Waals surface area (Å²) in [6, 6.07) is 12.3. The van der Waals surface area contributed by atoms with Crippen molar-refractivity contribution >= 4 is 26.8 Å². The van der Waals surface area contributed by atoms with Crippen LogP contribution in [0.5, 0.6) is 0 Å². The predicted octanol–water partition coefficient (Wildman–Crippen LogP) is 3.46. The highest BCUT2D eigenvalue weighted by Gasteiger charge is 2.11. The molecule has 0 aliphatic carbocycles. The Morgan fingerprint density at radius 1 is 1.26 bits per heavy atom. The van der Waals surface area contributed by atoms with Crippen LogP contribution in [0.25, 0.3) is 22.3 Å². The van der Waals surface area contributed by atoms with E-state index in [1.165, 1.54) is 10.9 Å². The van der Waals surface area contributed by atoms with Gasteiger partial charge >= 0.3 is 0 Å². The second-order valence-corrected chi connectivity index (χ2v) is 5.37. The molecule has 96 valence electrons. The molecule has 0 aliphatic rings. The normalized spacial score (nSPS) is 11.1. The average Bonchev–Trinajstić information content (AvgIpc) is 2.77. The Hall–Kier alpha value is -1.65. The average molecular weight is 316 g/mol. The molecule has 0 aliphatic heterocycles. The van der Waals surface area contributed by atoms with Gasteiger partial charge in [0.05, 0.1) is 16.9 Å². The standard InChI is InChI=1S/C15H14BrN3/c1-19-14(13-7-10(9-17)5-6-18-13)8-11-3-2-4-12(16)15(11)19/h2-8H,9,17H2,1H3. The first-order valence-corrected chi connectivity index (χ1v) is 6.89. The van der Waals surface area contributed by atoms with Gasteiger partial charge in [0.2, 0.25) is 0 Å². The Balaban J connectivity index is 2.25. The Morgan fingerprint density at radius 3 is 2.84 bits per heavy atom. The Bertz CT molecular complexity index is 746. The molecule has 0 unspecified atom stereocenters. The summed E-state index contributed by atoms with van der Waals surface area (Å²) in [6.07, 6.45) is 1.81. The van der Waals surface area contributed by atoms with E-state index in [4.69, 9.17) is 5.73 Å². The molecule has 2 N–H and O–H groups in total. The Labute approximate surface area is 120 Å². The number of nitrogens with two attached hydrogens (primary N) is 1. The van der Waals surface area contributed by atoms with Gasteiger partial charge in [-0.1, -0.05) is 12.1 Å². The van der Waals surface area contributed by atoms with Gasteiger partial charge < -0.3 is 10.3 Å². The van der Waals surface area contributed by atoms with Crippen LogP contribution < -0.4 is 5.73 Å². The smallest absolute Gasteiger partial charge is 0.0869 e. The van der Waals surface area contributed by atoms with Crippen LogP contribution in [0.2, 0.25) is 0 Å². The summed E-state index contributed by atoms with van der Waals surface area (Å²) < 4.78 is 3.25. The van der Waals surface area contributed by atoms with E-state index in [0.29, 0.717) is 6.54 Å². The molecular formula is C15H14BrN3. The van der Waals surface area contributed by atoms with E-state index in [9.17, 15) is 0 Å². The third kappa shape index (κ3) is 2.07. The van der Waals surface area contributed by atoms with Gasteiger partial charge in [0.15, 0.2) is 0 Å². The summed E-state index contributed by atoms with van der Waals surface area (Å²) in [7, 11) is 2.05. The fourth-order valence-corrected chi connectivity index (χ4v) is 3.00. The minimum Gasteiger partial charge on any atom is -0.341 e. The van der Waals surface area contributed by atoms with Gasteiger partial charge in [0, 0.05) is 29.6 Å². The minimum atomic E-state index is 0.531. The molecule has 0 spiro atoms. The van der Waals surface area contributed by atoms with E-state index in [0.717, 1.165) is 21.4 Å². The topological polar surface area (TPSA) is 43.8 Å². The molecule has 0 saturated heterocycles. The summed E-state index contributed by atoms with van der Waals surface area (Å²) in [6.45, 7) is 0.531. The number of hydrogen-bond donors (Lipinski definition) is 1. The van der Waals surface area contributed by atoms with Gasteiger partial charge in [-0.2, -0.15) is 0 Å². The van der Waals surface area contributed by atoms with Crippen molar-refractivity contribution in [3.63, 3.8) is 0 Å². The lowest BCUT2D eigenvalue weighted by atomic mass is 10.2. The van der Waals surface area contributed by atoms with Gasteiger partial charge in [-0.3, -0.25) is 4.98 Å². The molecule has 0 bridgehead atoms. The van der Waals surface area contributed by atoms with Gasteiger partial charge in [0.1, 0.15) is 0 Å². The summed E-state index contributed by atoms with van der Waals surface area (Å²) in [4.78, 5) is 4.45. The van der Waals surface area contributed by atoms with Crippen LogP contribution in [-0.4, -0.2) is 9.55 Å². The van der Waals surface area contributed by atoms with Crippen molar-refractivity contribution < 1.29 is 0 Å². The van der Waals surface area contributed by atoms with E-state index < -0.39 is 0 Å². The van der Waals surface area contributed by atoms with Crippen molar-refractivity contribution in [1.29, 1.82) is 0 Å². The number of nitrogens with zero attached hydrogens (tertiary/aromatic N) is 2. The molecule has 0 fully saturated rings. The number of benzene rings is 1. The van der Waals surface area contributed by atoms with Crippen molar-refractivity contribution in [1.82, 2.24) is 9.55 Å². The van der Waals surface area contributed by atoms with E-state index in [2.05, 4.69) is 50.7 Å². The number of aryl methyl sites for hydroxylation is 1. The van der Waals surface area contributed by atoms with Crippen LogP contribution in [0.15, 0.2) is 47.1 Å². The lowest BCUT2D eigenvalue weighted by Crippen LogP contribution is -1.99. The zero-order valence-electron chi connectivity index (χ0n) is 10.6. The maximum Gasteiger partial charge on any atom is 0.0869 e. The SMILES string of the molecule is Cn1c(-c2cc(CN)ccn2)cc2cccc(Br)c21. The highest BCUT2D eigenvalue weighted by molar-refractivity contribution is 9.10. The molecule has 2 heterocycles. The highest BCUT2D eigenvalue weighted by atomic mass is 79.9. The first-order chi connectivity index (χ1) is 9.20. The maximum absolute atomic E-state index is 5.69. The number of hydrogen-bond acceptors (Lipinski definition) is 2. The summed E-state index contributed by atoms with van der Waals surface area (Å²) in [5.74, 6) is 0. The monoisotopic (exact) mass is 315 g/mol. The van der Waals surface area contributed by atoms with Crippen LogP contribution in [0.1, 0.15) is 5.56 Å². The van der Waals surface area contributed by atoms with Crippen LogP contribution in [0.3, 0.4) is 0 Å². The van der Waals surface area contributed by atoms with Crippen molar-refractivity contribution in [2.75, 3.05) is 0 Å². The maximum atomic E-state index is 5.69. The van der Waals surface area contributed by atoms with E-state index >= 15 is 0 Å². The second kappa shape index (κ2) is 4.79. The molecule has 1 aromatic carbocycles. The van der Waals surface area contributed by atoms with Crippen LogP contribution in [0.4, 0.5) is 0 Å². The highest BCUT2D eigenvalue weighted by Crippen LogP contribution is 2.30. The molecular weight excluding hydrogens is 302 g/mol. The summed E-state index contributed by atoms with van der Waals surface area (Å²) in [5.41, 5.74) is 10.0. The number of aromatic nitrogens is 2. The molecule has 0 radical (unpaired) electrons. The molecule has 2 aromatic heterocycles. The Kier molecular flexibility index (Phi) is 3.12. The Morgan fingerprint density at radius 2 is 2.11 bits per heavy atom. The van der Waals surface area contributed by atoms with E-state index in [-0.39, 0.29) is 0 Å². The third-order valence-electron chi connectivity index (χ3n) is 3.33. The molecule has 3 nitrogen and oxygen atoms in total. The predicted molar refractivity (Wildman–Crippen MR) is 81.7 cm³/mol. The quantitative estimate of drug-likeness (QED) is 0.787. The fourth-order valence-electron chi connectivity index (χ4n) is 2.35. The lowest BCUT2D eigenvalue weighted by Gasteiger charge is -2.06. The first-order valence-electron chi connectivity index (χ1n) is 6.10. The molecule has 3 rings (SSSR count). The molecule has 4 heteroatoms. The van der Waals surface area contributed by atoms with Crippen molar-refractivity contribution in [2.24, 2.45) is 12.8 Å². The second-order valence-electron chi connectivity index (χ2n) is 4.52. The van der Waals surface area contributed by atoms with E-state index in [1.54, 1.807) is 0 Å². The van der Waals surface area contributed by atoms with Gasteiger partial charge in [-0.15, -0.1) is 0 Å². The largest absolute Gasteiger partial charge is 0.341 e. The summed E-state index contributed by atoms with van der Waals surface area (Å²) >= 11 is 3.60. The van der Waals surface area contributed by atoms with Crippen molar-refractivity contribution in [3.05, 3.63) is 52.6 Å². The molecule has 19 heavy (non-hydrogen) atoms. The van der Waals surface area contributed by atoms with E-state index in [1.807, 2.05) is 24.4 Å². The number of pyridine rings is 1. The zero-order chi connectivity index (χ0) is 13.4. The molecule has 0 atom stereocenters. The zero-order valence-corrected chi connectivity index (χ0v) is 12.2. The minimum absolute atomic E-state index is 0.531. The summed E-state index contributed by atoms with van der Waals surface area (Å²) in [5, 5.41) is 1.20. The molecule has 3 aromatic rings. The van der Waals surface area contributed by atoms with Crippen LogP contribution in [-0.2, 0) is 13.6 Å². The first kappa shape index (κ1) is 12.4. The van der Waals surface area contributed by atoms with Gasteiger partial charge in [-0.05, 0) is 45.8 Å². The lowest BCUT2D eigenvalue weighted by molar-refractivity contribution is 0.964. The number of para-hydroxylation sites is 1. The van der Waals surface area contributed by atoms with Crippen molar-refractivity contribution in [3.8, 4) is 11.4 Å². The number of fused-ring (bicyclic) bond motifs is 1. The number of rotatable bonds is 2. The molecule has 0 saturated carbocycles. The van der Waals surface area contributed by atoms with Gasteiger partial charge in [0.25, 0.3) is 0 Å². The third-order valence-corrected chi connectivity index (χ3v) is 3.97. The fraction of sp³-hybridized carbons (Fsp3) is 0.133.